The van der Waals surface area contributed by atoms with E-state index in [1.807, 2.05) is 31.2 Å². The third-order valence-corrected chi connectivity index (χ3v) is 3.60. The molecular formula is C14H15NOS. The Morgan fingerprint density at radius 3 is 2.41 bits per heavy atom. The lowest BCUT2D eigenvalue weighted by Gasteiger charge is -2.11. The van der Waals surface area contributed by atoms with Crippen molar-refractivity contribution < 1.29 is 4.79 Å². The van der Waals surface area contributed by atoms with E-state index in [1.54, 1.807) is 11.3 Å². The third-order valence-electron chi connectivity index (χ3n) is 2.92. The predicted molar refractivity (Wildman–Crippen MR) is 72.0 cm³/mol. The van der Waals surface area contributed by atoms with Crippen molar-refractivity contribution in [2.75, 3.05) is 0 Å². The van der Waals surface area contributed by atoms with Gasteiger partial charge >= 0.3 is 0 Å². The summed E-state index contributed by atoms with van der Waals surface area (Å²) < 4.78 is 0. The van der Waals surface area contributed by atoms with E-state index in [4.69, 9.17) is 5.73 Å². The van der Waals surface area contributed by atoms with Gasteiger partial charge in [-0.05, 0) is 39.9 Å². The van der Waals surface area contributed by atoms with Gasteiger partial charge in [0.15, 0.2) is 0 Å². The summed E-state index contributed by atoms with van der Waals surface area (Å²) in [7, 11) is 0. The van der Waals surface area contributed by atoms with E-state index < -0.39 is 0 Å². The van der Waals surface area contributed by atoms with Crippen molar-refractivity contribution in [2.24, 2.45) is 5.73 Å². The smallest absolute Gasteiger partial charge is 0.224 e. The number of nitrogens with two attached hydrogens (primary N) is 1. The summed E-state index contributed by atoms with van der Waals surface area (Å²) in [6.45, 7) is 1.97. The summed E-state index contributed by atoms with van der Waals surface area (Å²) >= 11 is 1.68. The van der Waals surface area contributed by atoms with E-state index in [0.717, 1.165) is 12.0 Å². The standard InChI is InChI=1S/C14H15NOS/c1-2-13(14(15)16)11-5-3-10(4-6-11)12-7-8-17-9-12/h3-9,13H,2H2,1H3,(H2,15,16). The monoisotopic (exact) mass is 245 g/mol. The SMILES string of the molecule is CCC(C(N)=O)c1ccc(-c2ccsc2)cc1. The summed E-state index contributed by atoms with van der Waals surface area (Å²) in [6.07, 6.45) is 0.743. The third kappa shape index (κ3) is 2.56. The molecule has 2 rings (SSSR count). The van der Waals surface area contributed by atoms with Gasteiger partial charge in [-0.2, -0.15) is 11.3 Å². The minimum atomic E-state index is -0.254. The highest BCUT2D eigenvalue weighted by molar-refractivity contribution is 7.08. The van der Waals surface area contributed by atoms with E-state index in [-0.39, 0.29) is 11.8 Å². The molecule has 0 spiro atoms. The molecule has 0 saturated carbocycles. The highest BCUT2D eigenvalue weighted by atomic mass is 32.1. The summed E-state index contributed by atoms with van der Waals surface area (Å²) in [5, 5.41) is 4.17. The summed E-state index contributed by atoms with van der Waals surface area (Å²) in [6, 6.07) is 10.2. The van der Waals surface area contributed by atoms with Crippen LogP contribution < -0.4 is 5.73 Å². The summed E-state index contributed by atoms with van der Waals surface area (Å²) in [5.41, 5.74) is 8.77. The molecule has 2 N–H and O–H groups in total. The van der Waals surface area contributed by atoms with Crippen LogP contribution in [0.2, 0.25) is 0 Å². The first-order chi connectivity index (χ1) is 8.22. The molecule has 1 heterocycles. The Kier molecular flexibility index (Phi) is 3.59. The van der Waals surface area contributed by atoms with Crippen LogP contribution in [0, 0.1) is 0 Å². The molecule has 3 heteroatoms. The molecule has 0 aliphatic heterocycles. The maximum absolute atomic E-state index is 11.3. The Balaban J connectivity index is 2.26. The van der Waals surface area contributed by atoms with Crippen molar-refractivity contribution in [1.82, 2.24) is 0 Å². The second kappa shape index (κ2) is 5.15. The molecule has 17 heavy (non-hydrogen) atoms. The number of rotatable bonds is 4. The van der Waals surface area contributed by atoms with Gasteiger partial charge in [0.1, 0.15) is 0 Å². The van der Waals surface area contributed by atoms with Crippen molar-refractivity contribution in [3.63, 3.8) is 0 Å². The predicted octanol–water partition coefficient (Wildman–Crippen LogP) is 3.39. The molecule has 0 aliphatic carbocycles. The van der Waals surface area contributed by atoms with Gasteiger partial charge in [0, 0.05) is 0 Å². The molecule has 2 aromatic rings. The Morgan fingerprint density at radius 1 is 1.24 bits per heavy atom. The van der Waals surface area contributed by atoms with E-state index in [0.29, 0.717) is 0 Å². The average Bonchev–Trinajstić information content (AvgIpc) is 2.84. The topological polar surface area (TPSA) is 43.1 Å². The van der Waals surface area contributed by atoms with Gasteiger partial charge in [0.2, 0.25) is 5.91 Å². The highest BCUT2D eigenvalue weighted by Crippen LogP contribution is 2.25. The molecule has 0 fully saturated rings. The minimum absolute atomic E-state index is 0.175. The van der Waals surface area contributed by atoms with Crippen LogP contribution in [0.4, 0.5) is 0 Å². The number of carbonyl (C=O) groups excluding carboxylic acids is 1. The Hall–Kier alpha value is -1.61. The molecule has 2 nitrogen and oxygen atoms in total. The van der Waals surface area contributed by atoms with Crippen molar-refractivity contribution in [2.45, 2.75) is 19.3 Å². The minimum Gasteiger partial charge on any atom is -0.369 e. The van der Waals surface area contributed by atoms with E-state index in [2.05, 4.69) is 16.8 Å². The van der Waals surface area contributed by atoms with Crippen molar-refractivity contribution in [1.29, 1.82) is 0 Å². The van der Waals surface area contributed by atoms with Gasteiger partial charge in [-0.15, -0.1) is 0 Å². The fourth-order valence-electron chi connectivity index (χ4n) is 1.94. The zero-order valence-corrected chi connectivity index (χ0v) is 10.5. The number of hydrogen-bond acceptors (Lipinski definition) is 2. The first kappa shape index (κ1) is 11.9. The Morgan fingerprint density at radius 2 is 1.94 bits per heavy atom. The molecule has 0 aliphatic rings. The molecule has 1 aromatic carbocycles. The molecule has 1 atom stereocenters. The van der Waals surface area contributed by atoms with Gasteiger partial charge in [-0.3, -0.25) is 4.79 Å². The number of benzene rings is 1. The van der Waals surface area contributed by atoms with Gasteiger partial charge < -0.3 is 5.73 Å². The fraction of sp³-hybridized carbons (Fsp3) is 0.214. The van der Waals surface area contributed by atoms with E-state index in [9.17, 15) is 4.79 Å². The number of thiophene rings is 1. The normalized spacial score (nSPS) is 12.3. The lowest BCUT2D eigenvalue weighted by molar-refractivity contribution is -0.119. The molecule has 1 unspecified atom stereocenters. The summed E-state index contributed by atoms with van der Waals surface area (Å²) in [5.74, 6) is -0.428. The van der Waals surface area contributed by atoms with Crippen molar-refractivity contribution in [3.8, 4) is 11.1 Å². The van der Waals surface area contributed by atoms with E-state index >= 15 is 0 Å². The zero-order valence-electron chi connectivity index (χ0n) is 9.72. The molecule has 1 amide bonds. The van der Waals surface area contributed by atoms with Crippen molar-refractivity contribution in [3.05, 3.63) is 46.7 Å². The second-order valence-corrected chi connectivity index (χ2v) is 4.78. The largest absolute Gasteiger partial charge is 0.369 e. The number of amides is 1. The van der Waals surface area contributed by atoms with Crippen LogP contribution in [-0.4, -0.2) is 5.91 Å². The maximum atomic E-state index is 11.3. The van der Waals surface area contributed by atoms with Crippen LogP contribution in [0.25, 0.3) is 11.1 Å². The van der Waals surface area contributed by atoms with Crippen LogP contribution in [-0.2, 0) is 4.79 Å². The maximum Gasteiger partial charge on any atom is 0.224 e. The average molecular weight is 245 g/mol. The molecule has 0 saturated heterocycles. The summed E-state index contributed by atoms with van der Waals surface area (Å²) in [4.78, 5) is 11.3. The lowest BCUT2D eigenvalue weighted by atomic mass is 9.94. The van der Waals surface area contributed by atoms with Crippen molar-refractivity contribution >= 4 is 17.2 Å². The van der Waals surface area contributed by atoms with E-state index in [1.165, 1.54) is 11.1 Å². The first-order valence-electron chi connectivity index (χ1n) is 5.64. The Labute approximate surface area is 105 Å². The Bertz CT molecular complexity index is 487. The highest BCUT2D eigenvalue weighted by Gasteiger charge is 2.15. The number of hydrogen-bond donors (Lipinski definition) is 1. The van der Waals surface area contributed by atoms with Gasteiger partial charge in [0.25, 0.3) is 0 Å². The van der Waals surface area contributed by atoms with Crippen LogP contribution in [0.3, 0.4) is 0 Å². The molecule has 88 valence electrons. The van der Waals surface area contributed by atoms with Crippen LogP contribution >= 0.6 is 11.3 Å². The number of carbonyl (C=O) groups is 1. The number of primary amides is 1. The fourth-order valence-corrected chi connectivity index (χ4v) is 2.60. The first-order valence-corrected chi connectivity index (χ1v) is 6.58. The van der Waals surface area contributed by atoms with Crippen LogP contribution in [0.1, 0.15) is 24.8 Å². The molecular weight excluding hydrogens is 230 g/mol. The molecule has 1 aromatic heterocycles. The van der Waals surface area contributed by atoms with Gasteiger partial charge in [-0.1, -0.05) is 31.2 Å². The lowest BCUT2D eigenvalue weighted by Crippen LogP contribution is -2.20. The molecule has 0 bridgehead atoms. The van der Waals surface area contributed by atoms with Crippen LogP contribution in [0.5, 0.6) is 0 Å². The van der Waals surface area contributed by atoms with Gasteiger partial charge in [-0.25, -0.2) is 0 Å². The zero-order chi connectivity index (χ0) is 12.3. The second-order valence-electron chi connectivity index (χ2n) is 4.00. The van der Waals surface area contributed by atoms with Gasteiger partial charge in [0.05, 0.1) is 5.92 Å². The quantitative estimate of drug-likeness (QED) is 0.881. The molecule has 0 radical (unpaired) electrons. The van der Waals surface area contributed by atoms with Crippen LogP contribution in [0.15, 0.2) is 41.1 Å².